The van der Waals surface area contributed by atoms with Gasteiger partial charge in [-0.25, -0.2) is 4.79 Å². The van der Waals surface area contributed by atoms with E-state index in [4.69, 9.17) is 17.0 Å². The average Bonchev–Trinajstić information content (AvgIpc) is 3.42. The SMILES string of the molecule is Cc1nn(-c2ccccc2)c(Oc2cccc(C(F)(F)F)c2)c1/C=C1\SC(=S)N([C@@H](Cc2ccc(O)cc2)C(=O)O)C1=O. The summed E-state index contributed by atoms with van der Waals surface area (Å²) >= 11 is 6.30. The molecule has 1 fully saturated rings. The fraction of sp³-hybridized carbons (Fsp3) is 0.133. The lowest BCUT2D eigenvalue weighted by atomic mass is 10.0. The zero-order valence-corrected chi connectivity index (χ0v) is 23.9. The second kappa shape index (κ2) is 11.9. The third-order valence-electron chi connectivity index (χ3n) is 6.50. The predicted octanol–water partition coefficient (Wildman–Crippen LogP) is 6.59. The molecule has 1 aliphatic heterocycles. The molecule has 43 heavy (non-hydrogen) atoms. The molecule has 2 heterocycles. The van der Waals surface area contributed by atoms with Crippen LogP contribution in [0.4, 0.5) is 13.2 Å². The van der Waals surface area contributed by atoms with Crippen molar-refractivity contribution in [2.45, 2.75) is 25.6 Å². The summed E-state index contributed by atoms with van der Waals surface area (Å²) in [6.45, 7) is 1.65. The van der Waals surface area contributed by atoms with Crippen molar-refractivity contribution in [1.82, 2.24) is 14.7 Å². The molecular formula is C30H22F3N3O5S2. The molecule has 0 unspecified atom stereocenters. The number of benzene rings is 3. The Bertz CT molecular complexity index is 1740. The summed E-state index contributed by atoms with van der Waals surface area (Å²) in [6, 6.07) is 17.8. The van der Waals surface area contributed by atoms with E-state index >= 15 is 0 Å². The van der Waals surface area contributed by atoms with Crippen LogP contribution in [0.25, 0.3) is 11.8 Å². The van der Waals surface area contributed by atoms with Gasteiger partial charge in [0.2, 0.25) is 5.88 Å². The van der Waals surface area contributed by atoms with Gasteiger partial charge in [0.25, 0.3) is 5.91 Å². The van der Waals surface area contributed by atoms with Gasteiger partial charge in [0, 0.05) is 6.42 Å². The Labute approximate surface area is 253 Å². The minimum Gasteiger partial charge on any atom is -0.508 e. The first-order valence-corrected chi connectivity index (χ1v) is 13.9. The largest absolute Gasteiger partial charge is 0.508 e. The van der Waals surface area contributed by atoms with Crippen LogP contribution < -0.4 is 4.74 Å². The third-order valence-corrected chi connectivity index (χ3v) is 7.83. The Balaban J connectivity index is 1.54. The van der Waals surface area contributed by atoms with Crippen molar-refractivity contribution in [3.8, 4) is 23.1 Å². The molecule has 8 nitrogen and oxygen atoms in total. The molecule has 0 saturated carbocycles. The number of carboxylic acids is 1. The lowest BCUT2D eigenvalue weighted by Crippen LogP contribution is -2.45. The number of carboxylic acid groups (broad SMARTS) is 1. The number of carbonyl (C=O) groups is 2. The van der Waals surface area contributed by atoms with Crippen LogP contribution in [0.5, 0.6) is 17.4 Å². The van der Waals surface area contributed by atoms with Gasteiger partial charge in [-0.2, -0.15) is 23.0 Å². The fourth-order valence-corrected chi connectivity index (χ4v) is 5.74. The van der Waals surface area contributed by atoms with Crippen molar-refractivity contribution in [2.24, 2.45) is 0 Å². The van der Waals surface area contributed by atoms with Crippen molar-refractivity contribution in [2.75, 3.05) is 0 Å². The van der Waals surface area contributed by atoms with Crippen LogP contribution in [-0.2, 0) is 22.2 Å². The summed E-state index contributed by atoms with van der Waals surface area (Å²) in [5, 5.41) is 24.1. The minimum atomic E-state index is -4.59. The van der Waals surface area contributed by atoms with E-state index in [1.807, 2.05) is 0 Å². The van der Waals surface area contributed by atoms with Gasteiger partial charge < -0.3 is 14.9 Å². The quantitative estimate of drug-likeness (QED) is 0.167. The molecule has 13 heteroatoms. The highest BCUT2D eigenvalue weighted by atomic mass is 32.2. The molecule has 0 aliphatic carbocycles. The molecule has 2 N–H and O–H groups in total. The first-order valence-electron chi connectivity index (χ1n) is 12.7. The number of amides is 1. The number of phenolic OH excluding ortho intramolecular Hbond substituents is 1. The maximum absolute atomic E-state index is 13.6. The summed E-state index contributed by atoms with van der Waals surface area (Å²) in [5.74, 6) is -1.97. The highest BCUT2D eigenvalue weighted by molar-refractivity contribution is 8.26. The van der Waals surface area contributed by atoms with Crippen molar-refractivity contribution < 1.29 is 37.7 Å². The van der Waals surface area contributed by atoms with E-state index in [0.717, 1.165) is 28.8 Å². The summed E-state index contributed by atoms with van der Waals surface area (Å²) in [4.78, 5) is 26.9. The highest BCUT2D eigenvalue weighted by Gasteiger charge is 2.41. The zero-order valence-electron chi connectivity index (χ0n) is 22.3. The number of thiocarbonyl (C=S) groups is 1. The maximum atomic E-state index is 13.6. The fourth-order valence-electron chi connectivity index (χ4n) is 4.40. The molecular weight excluding hydrogens is 603 g/mol. The molecule has 1 atom stereocenters. The molecule has 0 radical (unpaired) electrons. The van der Waals surface area contributed by atoms with E-state index in [0.29, 0.717) is 22.5 Å². The molecule has 0 bridgehead atoms. The monoisotopic (exact) mass is 625 g/mol. The number of para-hydroxylation sites is 1. The molecule has 5 rings (SSSR count). The number of aromatic hydroxyl groups is 1. The summed E-state index contributed by atoms with van der Waals surface area (Å²) in [5.41, 5.74) is 0.921. The number of phenols is 1. The smallest absolute Gasteiger partial charge is 0.416 e. The average molecular weight is 626 g/mol. The number of rotatable bonds is 8. The summed E-state index contributed by atoms with van der Waals surface area (Å²) < 4.78 is 47.7. The van der Waals surface area contributed by atoms with Crippen molar-refractivity contribution in [3.05, 3.63) is 106 Å². The Morgan fingerprint density at radius 2 is 1.79 bits per heavy atom. The van der Waals surface area contributed by atoms with Crippen molar-refractivity contribution in [3.63, 3.8) is 0 Å². The number of carbonyl (C=O) groups excluding carboxylic acids is 1. The molecule has 220 valence electrons. The number of halogens is 3. The molecule has 1 amide bonds. The molecule has 1 saturated heterocycles. The van der Waals surface area contributed by atoms with Crippen LogP contribution >= 0.6 is 24.0 Å². The minimum absolute atomic E-state index is 0.0127. The number of nitrogens with zero attached hydrogens (tertiary/aromatic N) is 3. The summed E-state index contributed by atoms with van der Waals surface area (Å²) in [6.07, 6.45) is -3.21. The van der Waals surface area contributed by atoms with E-state index < -0.39 is 29.7 Å². The lowest BCUT2D eigenvalue weighted by Gasteiger charge is -2.23. The van der Waals surface area contributed by atoms with Gasteiger partial charge in [-0.15, -0.1) is 0 Å². The van der Waals surface area contributed by atoms with E-state index in [9.17, 15) is 33.0 Å². The van der Waals surface area contributed by atoms with E-state index in [2.05, 4.69) is 5.10 Å². The second-order valence-corrected chi connectivity index (χ2v) is 11.1. The van der Waals surface area contributed by atoms with Gasteiger partial charge >= 0.3 is 12.1 Å². The van der Waals surface area contributed by atoms with Crippen LogP contribution in [0.1, 0.15) is 22.4 Å². The van der Waals surface area contributed by atoms with Crippen LogP contribution in [0.2, 0.25) is 0 Å². The number of hydrogen-bond acceptors (Lipinski definition) is 7. The zero-order chi connectivity index (χ0) is 30.9. The van der Waals surface area contributed by atoms with Gasteiger partial charge in [-0.1, -0.05) is 60.4 Å². The molecule has 1 aliphatic rings. The van der Waals surface area contributed by atoms with Crippen LogP contribution in [0.3, 0.4) is 0 Å². The van der Waals surface area contributed by atoms with Gasteiger partial charge in [-0.3, -0.25) is 9.69 Å². The number of hydrogen-bond donors (Lipinski definition) is 2. The predicted molar refractivity (Wildman–Crippen MR) is 158 cm³/mol. The Kier molecular flexibility index (Phi) is 8.29. The van der Waals surface area contributed by atoms with Crippen LogP contribution in [0, 0.1) is 6.92 Å². The highest BCUT2D eigenvalue weighted by Crippen LogP contribution is 2.39. The Morgan fingerprint density at radius 3 is 2.44 bits per heavy atom. The number of ether oxygens (including phenoxy) is 1. The topological polar surface area (TPSA) is 105 Å². The second-order valence-electron chi connectivity index (χ2n) is 9.46. The van der Waals surface area contributed by atoms with Crippen LogP contribution in [-0.4, -0.2) is 47.1 Å². The Hall–Kier alpha value is -4.62. The van der Waals surface area contributed by atoms with Gasteiger partial charge in [0.1, 0.15) is 21.9 Å². The number of alkyl halides is 3. The van der Waals surface area contributed by atoms with Gasteiger partial charge in [0.05, 0.1) is 27.4 Å². The van der Waals surface area contributed by atoms with Crippen LogP contribution in [0.15, 0.2) is 83.8 Å². The third kappa shape index (κ3) is 6.42. The van der Waals surface area contributed by atoms with Gasteiger partial charge in [0.15, 0.2) is 0 Å². The number of thioether (sulfide) groups is 1. The Morgan fingerprint density at radius 1 is 1.09 bits per heavy atom. The molecule has 3 aromatic carbocycles. The van der Waals surface area contributed by atoms with E-state index in [1.165, 1.54) is 35.0 Å². The van der Waals surface area contributed by atoms with E-state index in [-0.39, 0.29) is 33.0 Å². The number of aliphatic carboxylic acids is 1. The first-order chi connectivity index (χ1) is 20.4. The van der Waals surface area contributed by atoms with E-state index in [1.54, 1.807) is 49.4 Å². The van der Waals surface area contributed by atoms with Crippen molar-refractivity contribution in [1.29, 1.82) is 0 Å². The van der Waals surface area contributed by atoms with Crippen molar-refractivity contribution >= 4 is 46.3 Å². The van der Waals surface area contributed by atoms with Gasteiger partial charge in [-0.05, 0) is 61.0 Å². The first kappa shape index (κ1) is 29.9. The molecule has 1 aromatic heterocycles. The molecule has 0 spiro atoms. The normalized spacial score (nSPS) is 15.3. The number of aromatic nitrogens is 2. The lowest BCUT2D eigenvalue weighted by molar-refractivity contribution is -0.145. The summed E-state index contributed by atoms with van der Waals surface area (Å²) in [7, 11) is 0. The maximum Gasteiger partial charge on any atom is 0.416 e. The standard InChI is InChI=1S/C30H22F3N3O5S2/c1-17-23(16-25-26(38)35(29(42)43-25)24(28(39)40)14-18-10-12-21(37)13-11-18)27(36(34-17)20-7-3-2-4-8-20)41-22-9-5-6-19(15-22)30(31,32)33/h2-13,15-16,24,37H,14H2,1H3,(H,39,40)/b25-16-/t24-/m0/s1. The number of aryl methyl sites for hydroxylation is 1. The molecule has 4 aromatic rings.